The summed E-state index contributed by atoms with van der Waals surface area (Å²) in [5.74, 6) is -0.203. The highest BCUT2D eigenvalue weighted by molar-refractivity contribution is 7.99. The second-order valence-electron chi connectivity index (χ2n) is 4.62. The molecule has 0 aliphatic heterocycles. The number of hydrogen-bond acceptors (Lipinski definition) is 3. The molecular formula is C16H13ClF3NO2S. The van der Waals surface area contributed by atoms with E-state index in [1.54, 1.807) is 12.1 Å². The van der Waals surface area contributed by atoms with Crippen molar-refractivity contribution in [2.75, 3.05) is 11.1 Å². The zero-order chi connectivity index (χ0) is 17.5. The van der Waals surface area contributed by atoms with Crippen LogP contribution in [0.3, 0.4) is 0 Å². The predicted octanol–water partition coefficient (Wildman–Crippen LogP) is 5.20. The number of hydrogen-bond donors (Lipinski definition) is 1. The number of benzene rings is 2. The molecule has 0 saturated heterocycles. The number of ether oxygens (including phenoxy) is 1. The Morgan fingerprint density at radius 2 is 1.92 bits per heavy atom. The first-order valence-electron chi connectivity index (χ1n) is 6.86. The summed E-state index contributed by atoms with van der Waals surface area (Å²) in [6.07, 6.45) is 0.231. The van der Waals surface area contributed by atoms with E-state index >= 15 is 0 Å². The molecule has 0 radical (unpaired) electrons. The van der Waals surface area contributed by atoms with E-state index in [-0.39, 0.29) is 28.9 Å². The predicted molar refractivity (Wildman–Crippen MR) is 88.5 cm³/mol. The number of rotatable bonds is 7. The molecule has 0 unspecified atom stereocenters. The molecule has 2 rings (SSSR count). The van der Waals surface area contributed by atoms with Crippen LogP contribution in [0.4, 0.5) is 18.9 Å². The molecule has 1 N–H and O–H groups in total. The minimum Gasteiger partial charge on any atom is -0.433 e. The van der Waals surface area contributed by atoms with Crippen LogP contribution < -0.4 is 10.1 Å². The van der Waals surface area contributed by atoms with Crippen LogP contribution in [0.5, 0.6) is 5.75 Å². The molecule has 0 saturated carbocycles. The third-order valence-electron chi connectivity index (χ3n) is 2.84. The Morgan fingerprint density at radius 3 is 2.54 bits per heavy atom. The van der Waals surface area contributed by atoms with Crippen molar-refractivity contribution in [1.29, 1.82) is 0 Å². The van der Waals surface area contributed by atoms with Gasteiger partial charge in [0.05, 0.1) is 5.02 Å². The van der Waals surface area contributed by atoms with Crippen LogP contribution in [0, 0.1) is 5.82 Å². The number of nitrogens with one attached hydrogen (secondary N) is 1. The standard InChI is InChI=1S/C16H13ClF3NO2S/c17-13-9-11(3-6-14(13)23-16(19)20)21-15(22)7-8-24-12-4-1-10(18)2-5-12/h1-6,9,16H,7-8H2,(H,21,22). The van der Waals surface area contributed by atoms with Gasteiger partial charge in [0.25, 0.3) is 0 Å². The van der Waals surface area contributed by atoms with Crippen LogP contribution in [0.25, 0.3) is 0 Å². The zero-order valence-electron chi connectivity index (χ0n) is 12.3. The summed E-state index contributed by atoms with van der Waals surface area (Å²) in [7, 11) is 0. The molecule has 2 aromatic rings. The first-order chi connectivity index (χ1) is 11.4. The highest BCUT2D eigenvalue weighted by Gasteiger charge is 2.10. The van der Waals surface area contributed by atoms with Gasteiger partial charge in [0.1, 0.15) is 11.6 Å². The van der Waals surface area contributed by atoms with Crippen LogP contribution in [-0.2, 0) is 4.79 Å². The molecule has 0 fully saturated rings. The molecule has 8 heteroatoms. The first kappa shape index (κ1) is 18.5. The maximum absolute atomic E-state index is 12.8. The molecule has 0 aliphatic rings. The number of halogens is 4. The van der Waals surface area contributed by atoms with Crippen molar-refractivity contribution in [3.8, 4) is 5.75 Å². The van der Waals surface area contributed by atoms with Crippen LogP contribution in [0.15, 0.2) is 47.4 Å². The van der Waals surface area contributed by atoms with Gasteiger partial charge < -0.3 is 10.1 Å². The summed E-state index contributed by atoms with van der Waals surface area (Å²) in [5.41, 5.74) is 0.387. The molecule has 24 heavy (non-hydrogen) atoms. The lowest BCUT2D eigenvalue weighted by Gasteiger charge is -2.09. The van der Waals surface area contributed by atoms with E-state index in [9.17, 15) is 18.0 Å². The number of thioether (sulfide) groups is 1. The Hall–Kier alpha value is -1.86. The average Bonchev–Trinajstić information content (AvgIpc) is 2.51. The van der Waals surface area contributed by atoms with Crippen molar-refractivity contribution in [2.45, 2.75) is 17.9 Å². The van der Waals surface area contributed by atoms with Gasteiger partial charge in [-0.05, 0) is 42.5 Å². The van der Waals surface area contributed by atoms with Crippen LogP contribution in [-0.4, -0.2) is 18.3 Å². The summed E-state index contributed by atoms with van der Waals surface area (Å²) >= 11 is 7.23. The fourth-order valence-corrected chi connectivity index (χ4v) is 2.86. The minimum atomic E-state index is -2.97. The number of carbonyl (C=O) groups is 1. The van der Waals surface area contributed by atoms with Gasteiger partial charge in [0, 0.05) is 22.8 Å². The Morgan fingerprint density at radius 1 is 1.21 bits per heavy atom. The SMILES string of the molecule is O=C(CCSc1ccc(F)cc1)Nc1ccc(OC(F)F)c(Cl)c1. The monoisotopic (exact) mass is 375 g/mol. The number of amides is 1. The van der Waals surface area contributed by atoms with Crippen LogP contribution in [0.2, 0.25) is 5.02 Å². The molecule has 0 heterocycles. The summed E-state index contributed by atoms with van der Waals surface area (Å²) < 4.78 is 41.3. The van der Waals surface area contributed by atoms with E-state index in [4.69, 9.17) is 11.6 Å². The smallest absolute Gasteiger partial charge is 0.387 e. The van der Waals surface area contributed by atoms with Gasteiger partial charge in [-0.15, -0.1) is 11.8 Å². The number of anilines is 1. The van der Waals surface area contributed by atoms with Gasteiger partial charge >= 0.3 is 6.61 Å². The Kier molecular flexibility index (Phi) is 6.81. The van der Waals surface area contributed by atoms with Crippen molar-refractivity contribution in [3.63, 3.8) is 0 Å². The van der Waals surface area contributed by atoms with Crippen molar-refractivity contribution in [1.82, 2.24) is 0 Å². The third-order valence-corrected chi connectivity index (χ3v) is 4.15. The van der Waals surface area contributed by atoms with Crippen molar-refractivity contribution in [3.05, 3.63) is 53.3 Å². The average molecular weight is 376 g/mol. The van der Waals surface area contributed by atoms with Crippen molar-refractivity contribution < 1.29 is 22.7 Å². The maximum atomic E-state index is 12.8. The van der Waals surface area contributed by atoms with E-state index < -0.39 is 6.61 Å². The lowest BCUT2D eigenvalue weighted by atomic mass is 10.3. The van der Waals surface area contributed by atoms with Crippen LogP contribution >= 0.6 is 23.4 Å². The minimum absolute atomic E-state index is 0.0196. The lowest BCUT2D eigenvalue weighted by molar-refractivity contribution is -0.115. The Labute approximate surface area is 146 Å². The van der Waals surface area contributed by atoms with Crippen LogP contribution in [0.1, 0.15) is 6.42 Å². The largest absolute Gasteiger partial charge is 0.433 e. The molecule has 0 aliphatic carbocycles. The fourth-order valence-electron chi connectivity index (χ4n) is 1.79. The quantitative estimate of drug-likeness (QED) is 0.676. The van der Waals surface area contributed by atoms with E-state index in [1.807, 2.05) is 0 Å². The Bertz CT molecular complexity index is 698. The lowest BCUT2D eigenvalue weighted by Crippen LogP contribution is -2.12. The number of carbonyl (C=O) groups excluding carboxylic acids is 1. The van der Waals surface area contributed by atoms with E-state index in [0.29, 0.717) is 11.4 Å². The van der Waals surface area contributed by atoms with E-state index in [0.717, 1.165) is 4.90 Å². The van der Waals surface area contributed by atoms with Gasteiger partial charge in [0.2, 0.25) is 5.91 Å². The summed E-state index contributed by atoms with van der Waals surface area (Å²) in [5, 5.41) is 2.60. The van der Waals surface area contributed by atoms with Gasteiger partial charge in [-0.1, -0.05) is 11.6 Å². The third kappa shape index (κ3) is 5.98. The number of alkyl halides is 2. The molecule has 0 aromatic heterocycles. The maximum Gasteiger partial charge on any atom is 0.387 e. The molecule has 2 aromatic carbocycles. The summed E-state index contributed by atoms with van der Waals surface area (Å²) in [6.45, 7) is -2.97. The zero-order valence-corrected chi connectivity index (χ0v) is 13.8. The molecule has 0 bridgehead atoms. The topological polar surface area (TPSA) is 38.3 Å². The highest BCUT2D eigenvalue weighted by Crippen LogP contribution is 2.29. The van der Waals surface area contributed by atoms with E-state index in [1.165, 1.54) is 42.1 Å². The van der Waals surface area contributed by atoms with Gasteiger partial charge in [-0.2, -0.15) is 8.78 Å². The van der Waals surface area contributed by atoms with Gasteiger partial charge in [0.15, 0.2) is 0 Å². The first-order valence-corrected chi connectivity index (χ1v) is 8.23. The van der Waals surface area contributed by atoms with Crippen molar-refractivity contribution >= 4 is 35.0 Å². The molecule has 0 spiro atoms. The normalized spacial score (nSPS) is 10.7. The molecule has 1 amide bonds. The van der Waals surface area contributed by atoms with Crippen molar-refractivity contribution in [2.24, 2.45) is 0 Å². The highest BCUT2D eigenvalue weighted by atomic mass is 35.5. The molecule has 0 atom stereocenters. The molecule has 3 nitrogen and oxygen atoms in total. The summed E-state index contributed by atoms with van der Waals surface area (Å²) in [6, 6.07) is 10.0. The second kappa shape index (κ2) is 8.84. The second-order valence-corrected chi connectivity index (χ2v) is 6.20. The Balaban J connectivity index is 1.81. The fraction of sp³-hybridized carbons (Fsp3) is 0.188. The van der Waals surface area contributed by atoms with Gasteiger partial charge in [-0.3, -0.25) is 4.79 Å². The van der Waals surface area contributed by atoms with Gasteiger partial charge in [-0.25, -0.2) is 4.39 Å². The molecule has 128 valence electrons. The van der Waals surface area contributed by atoms with E-state index in [2.05, 4.69) is 10.1 Å². The summed E-state index contributed by atoms with van der Waals surface area (Å²) in [4.78, 5) is 12.7. The molecular weight excluding hydrogens is 363 g/mol.